The number of hydrogen-bond donors (Lipinski definition) is 1. The molecule has 0 aromatic heterocycles. The van der Waals surface area contributed by atoms with Crippen LogP contribution in [0.5, 0.6) is 0 Å². The Morgan fingerprint density at radius 3 is 2.80 bits per heavy atom. The summed E-state index contributed by atoms with van der Waals surface area (Å²) in [6, 6.07) is 0. The van der Waals surface area contributed by atoms with E-state index in [2.05, 4.69) is 0 Å². The lowest BCUT2D eigenvalue weighted by Crippen LogP contribution is -1.95. The topological polar surface area (TPSA) is 37.3 Å². The number of allylic oxidation sites excluding steroid dienone is 3. The summed E-state index contributed by atoms with van der Waals surface area (Å²) in [5, 5.41) is 9.17. The number of aliphatic hydroxyl groups excluding tert-OH is 1. The molecule has 0 atom stereocenters. The molecule has 1 aliphatic carbocycles. The maximum absolute atomic E-state index is 10.0. The van der Waals surface area contributed by atoms with Crippen LogP contribution in [-0.4, -0.2) is 11.4 Å². The molecule has 0 bridgehead atoms. The molecule has 2 heteroatoms. The summed E-state index contributed by atoms with van der Waals surface area (Å²) < 4.78 is 0. The predicted molar refractivity (Wildman–Crippen MR) is 38.7 cm³/mol. The average Bonchev–Trinajstić information content (AvgIpc) is 1.94. The van der Waals surface area contributed by atoms with Gasteiger partial charge < -0.3 is 9.90 Å². The van der Waals surface area contributed by atoms with Crippen molar-refractivity contribution < 1.29 is 9.90 Å². The highest BCUT2D eigenvalue weighted by molar-refractivity contribution is 5.55. The van der Waals surface area contributed by atoms with Crippen LogP contribution in [0.15, 0.2) is 23.5 Å². The van der Waals surface area contributed by atoms with E-state index in [1.165, 1.54) is 0 Å². The zero-order valence-electron chi connectivity index (χ0n) is 5.71. The van der Waals surface area contributed by atoms with E-state index < -0.39 is 0 Å². The van der Waals surface area contributed by atoms with Crippen molar-refractivity contribution in [3.8, 4) is 0 Å². The van der Waals surface area contributed by atoms with E-state index in [-0.39, 0.29) is 0 Å². The van der Waals surface area contributed by atoms with Crippen LogP contribution in [0.1, 0.15) is 19.3 Å². The zero-order valence-corrected chi connectivity index (χ0v) is 5.71. The first-order valence-electron chi connectivity index (χ1n) is 3.33. The third kappa shape index (κ3) is 1.47. The van der Waals surface area contributed by atoms with E-state index in [1.807, 2.05) is 12.2 Å². The van der Waals surface area contributed by atoms with Gasteiger partial charge in [0.05, 0.1) is 5.76 Å². The molecule has 0 fully saturated rings. The van der Waals surface area contributed by atoms with Crippen molar-refractivity contribution in [2.24, 2.45) is 0 Å². The van der Waals surface area contributed by atoms with Gasteiger partial charge >= 0.3 is 0 Å². The van der Waals surface area contributed by atoms with Gasteiger partial charge in [-0.1, -0.05) is 12.2 Å². The van der Waals surface area contributed by atoms with Crippen molar-refractivity contribution in [3.05, 3.63) is 23.5 Å². The van der Waals surface area contributed by atoms with Crippen molar-refractivity contribution >= 4 is 6.29 Å². The van der Waals surface area contributed by atoms with Crippen LogP contribution in [0, 0.1) is 0 Å². The van der Waals surface area contributed by atoms with Gasteiger partial charge in [-0.15, -0.1) is 0 Å². The Bertz CT molecular complexity index is 185. The second-order valence-electron chi connectivity index (χ2n) is 2.30. The summed E-state index contributed by atoms with van der Waals surface area (Å²) in [4.78, 5) is 10.0. The Kier molecular flexibility index (Phi) is 2.26. The van der Waals surface area contributed by atoms with E-state index in [1.54, 1.807) is 0 Å². The third-order valence-electron chi connectivity index (χ3n) is 1.58. The Balaban J connectivity index is 2.61. The number of aliphatic hydroxyl groups is 1. The number of carbonyl (C=O) groups is 1. The minimum Gasteiger partial charge on any atom is -0.512 e. The molecule has 54 valence electrons. The Morgan fingerprint density at radius 2 is 2.20 bits per heavy atom. The summed E-state index contributed by atoms with van der Waals surface area (Å²) in [5.41, 5.74) is 0.859. The molecule has 0 radical (unpaired) electrons. The van der Waals surface area contributed by atoms with Gasteiger partial charge in [-0.25, -0.2) is 0 Å². The number of aldehydes is 1. The van der Waals surface area contributed by atoms with Gasteiger partial charge in [-0.3, -0.25) is 0 Å². The van der Waals surface area contributed by atoms with E-state index in [0.717, 1.165) is 18.3 Å². The minimum absolute atomic E-state index is 0.370. The molecule has 0 amide bonds. The quantitative estimate of drug-likeness (QED) is 0.466. The first kappa shape index (κ1) is 7.06. The summed E-state index contributed by atoms with van der Waals surface area (Å²) in [6.07, 6.45) is 6.39. The molecular formula is C8H10O2. The monoisotopic (exact) mass is 138 g/mol. The molecule has 0 heterocycles. The summed E-state index contributed by atoms with van der Waals surface area (Å²) in [5.74, 6) is 0.370. The fourth-order valence-electron chi connectivity index (χ4n) is 0.984. The van der Waals surface area contributed by atoms with E-state index >= 15 is 0 Å². The molecule has 0 aromatic carbocycles. The van der Waals surface area contributed by atoms with Crippen LogP contribution in [0.3, 0.4) is 0 Å². The first-order chi connectivity index (χ1) is 4.84. The number of hydrogen-bond acceptors (Lipinski definition) is 2. The van der Waals surface area contributed by atoms with Gasteiger partial charge in [0.15, 0.2) is 0 Å². The molecular weight excluding hydrogens is 128 g/mol. The number of rotatable bonds is 2. The van der Waals surface area contributed by atoms with Gasteiger partial charge in [0.2, 0.25) is 0 Å². The van der Waals surface area contributed by atoms with Crippen molar-refractivity contribution in [2.45, 2.75) is 19.3 Å². The maximum atomic E-state index is 10.0. The van der Waals surface area contributed by atoms with Crippen molar-refractivity contribution in [1.82, 2.24) is 0 Å². The lowest BCUT2D eigenvalue weighted by molar-refractivity contribution is -0.107. The molecule has 1 aliphatic rings. The average molecular weight is 138 g/mol. The summed E-state index contributed by atoms with van der Waals surface area (Å²) in [6.45, 7) is 0. The first-order valence-corrected chi connectivity index (χ1v) is 3.33. The van der Waals surface area contributed by atoms with Crippen molar-refractivity contribution in [3.63, 3.8) is 0 Å². The van der Waals surface area contributed by atoms with Crippen molar-refractivity contribution in [2.75, 3.05) is 0 Å². The fraction of sp³-hybridized carbons (Fsp3) is 0.375. The van der Waals surface area contributed by atoms with Gasteiger partial charge in [0, 0.05) is 12.8 Å². The Morgan fingerprint density at radius 1 is 1.50 bits per heavy atom. The molecule has 0 unspecified atom stereocenters. The summed E-state index contributed by atoms with van der Waals surface area (Å²) >= 11 is 0. The van der Waals surface area contributed by atoms with Crippen LogP contribution in [0.2, 0.25) is 0 Å². The lowest BCUT2D eigenvalue weighted by atomic mass is 10.0. The second kappa shape index (κ2) is 3.20. The van der Waals surface area contributed by atoms with Crippen molar-refractivity contribution in [1.29, 1.82) is 0 Å². The lowest BCUT2D eigenvalue weighted by Gasteiger charge is -2.07. The van der Waals surface area contributed by atoms with Gasteiger partial charge in [-0.2, -0.15) is 0 Å². The van der Waals surface area contributed by atoms with E-state index in [0.29, 0.717) is 18.6 Å². The molecule has 2 nitrogen and oxygen atoms in total. The highest BCUT2D eigenvalue weighted by Gasteiger charge is 2.05. The molecule has 0 spiro atoms. The van der Waals surface area contributed by atoms with Gasteiger partial charge in [0.25, 0.3) is 0 Å². The second-order valence-corrected chi connectivity index (χ2v) is 2.30. The Hall–Kier alpha value is -1.05. The van der Waals surface area contributed by atoms with Crippen LogP contribution in [0.4, 0.5) is 0 Å². The minimum atomic E-state index is 0.370. The SMILES string of the molecule is O=CCC1=C(O)CC=CC1. The predicted octanol–water partition coefficient (Wildman–Crippen LogP) is 1.74. The summed E-state index contributed by atoms with van der Waals surface area (Å²) in [7, 11) is 0. The standard InChI is InChI=1S/C8H10O2/c9-6-5-7-3-1-2-4-8(7)10/h1-2,6,10H,3-5H2. The van der Waals surface area contributed by atoms with Crippen LogP contribution < -0.4 is 0 Å². The molecule has 0 aliphatic heterocycles. The maximum Gasteiger partial charge on any atom is 0.124 e. The number of carbonyl (C=O) groups excluding carboxylic acids is 1. The molecule has 0 aromatic rings. The van der Waals surface area contributed by atoms with E-state index in [9.17, 15) is 4.79 Å². The molecule has 1 rings (SSSR count). The third-order valence-corrected chi connectivity index (χ3v) is 1.58. The van der Waals surface area contributed by atoms with Gasteiger partial charge in [-0.05, 0) is 12.0 Å². The normalized spacial score (nSPS) is 17.6. The Labute approximate surface area is 59.9 Å². The van der Waals surface area contributed by atoms with E-state index in [4.69, 9.17) is 5.11 Å². The molecule has 10 heavy (non-hydrogen) atoms. The highest BCUT2D eigenvalue weighted by Crippen LogP contribution is 2.18. The van der Waals surface area contributed by atoms with Crippen LogP contribution in [0.25, 0.3) is 0 Å². The molecule has 0 saturated heterocycles. The molecule has 0 saturated carbocycles. The van der Waals surface area contributed by atoms with Crippen LogP contribution in [-0.2, 0) is 4.79 Å². The largest absolute Gasteiger partial charge is 0.512 e. The van der Waals surface area contributed by atoms with Gasteiger partial charge in [0.1, 0.15) is 6.29 Å². The molecule has 1 N–H and O–H groups in total. The highest BCUT2D eigenvalue weighted by atomic mass is 16.3. The van der Waals surface area contributed by atoms with Crippen LogP contribution >= 0.6 is 0 Å². The fourth-order valence-corrected chi connectivity index (χ4v) is 0.984. The smallest absolute Gasteiger partial charge is 0.124 e. The zero-order chi connectivity index (χ0) is 7.40.